The van der Waals surface area contributed by atoms with E-state index in [0.29, 0.717) is 6.61 Å². The van der Waals surface area contributed by atoms with E-state index in [9.17, 15) is 8.42 Å². The maximum Gasteiger partial charge on any atom is 0.264 e. The summed E-state index contributed by atoms with van der Waals surface area (Å²) in [4.78, 5) is 10.3. The van der Waals surface area contributed by atoms with Gasteiger partial charge in [-0.25, -0.2) is 13.4 Å². The number of ether oxygens (including phenoxy) is 1. The maximum atomic E-state index is 11.5. The van der Waals surface area contributed by atoms with Gasteiger partial charge in [-0.3, -0.25) is 4.84 Å². The van der Waals surface area contributed by atoms with E-state index in [1.54, 1.807) is 0 Å². The van der Waals surface area contributed by atoms with Gasteiger partial charge in [-0.15, -0.1) is 0 Å². The summed E-state index contributed by atoms with van der Waals surface area (Å²) in [5.41, 5.74) is 0. The van der Waals surface area contributed by atoms with E-state index < -0.39 is 10.0 Å². The molecule has 0 bridgehead atoms. The molecule has 8 heteroatoms. The first-order valence-electron chi connectivity index (χ1n) is 4.30. The van der Waals surface area contributed by atoms with E-state index in [1.165, 1.54) is 19.2 Å². The molecule has 1 N–H and O–H groups in total. The van der Waals surface area contributed by atoms with Crippen LogP contribution < -0.4 is 4.89 Å². The molecule has 0 radical (unpaired) electrons. The highest BCUT2D eigenvalue weighted by atomic mass is 35.5. The Hall–Kier alpha value is -0.730. The number of halogens is 1. The molecule has 0 aliphatic heterocycles. The molecular weight excluding hydrogens is 256 g/mol. The van der Waals surface area contributed by atoms with Crippen molar-refractivity contribution >= 4 is 21.6 Å². The summed E-state index contributed by atoms with van der Waals surface area (Å²) in [5.74, 6) is 0. The van der Waals surface area contributed by atoms with E-state index >= 15 is 0 Å². The third-order valence-electron chi connectivity index (χ3n) is 1.57. The number of hydrogen-bond acceptors (Lipinski definition) is 5. The lowest BCUT2D eigenvalue weighted by atomic mass is 10.5. The fraction of sp³-hybridized carbons (Fsp3) is 0.375. The van der Waals surface area contributed by atoms with Crippen molar-refractivity contribution in [3.63, 3.8) is 0 Å². The van der Waals surface area contributed by atoms with Gasteiger partial charge < -0.3 is 4.74 Å². The molecule has 0 atom stereocenters. The number of rotatable bonds is 6. The van der Waals surface area contributed by atoms with Crippen LogP contribution in [0.1, 0.15) is 0 Å². The molecule has 16 heavy (non-hydrogen) atoms. The molecule has 0 aliphatic carbocycles. The molecule has 1 heterocycles. The predicted octanol–water partition coefficient (Wildman–Crippen LogP) is 0.591. The minimum Gasteiger partial charge on any atom is -0.382 e. The minimum atomic E-state index is -3.71. The molecule has 0 aromatic carbocycles. The molecule has 1 aromatic heterocycles. The van der Waals surface area contributed by atoms with Crippen molar-refractivity contribution < 1.29 is 18.0 Å². The second kappa shape index (κ2) is 6.12. The van der Waals surface area contributed by atoms with Crippen molar-refractivity contribution in [3.05, 3.63) is 23.5 Å². The van der Waals surface area contributed by atoms with E-state index in [-0.39, 0.29) is 16.7 Å². The molecule has 1 rings (SSSR count). The van der Waals surface area contributed by atoms with Gasteiger partial charge in [0, 0.05) is 13.3 Å². The largest absolute Gasteiger partial charge is 0.382 e. The summed E-state index contributed by atoms with van der Waals surface area (Å²) in [6.07, 6.45) is 1.14. The van der Waals surface area contributed by atoms with Crippen molar-refractivity contribution in [2.45, 2.75) is 4.90 Å². The fourth-order valence-corrected chi connectivity index (χ4v) is 1.70. The van der Waals surface area contributed by atoms with Crippen LogP contribution in [-0.4, -0.2) is 33.7 Å². The summed E-state index contributed by atoms with van der Waals surface area (Å²) < 4.78 is 27.8. The van der Waals surface area contributed by atoms with Crippen LogP contribution in [0.4, 0.5) is 0 Å². The Kier molecular flexibility index (Phi) is 5.10. The van der Waals surface area contributed by atoms with Gasteiger partial charge in [0.05, 0.1) is 13.2 Å². The summed E-state index contributed by atoms with van der Waals surface area (Å²) in [5, 5.41) is 0.222. The van der Waals surface area contributed by atoms with Crippen LogP contribution in [-0.2, 0) is 19.6 Å². The topological polar surface area (TPSA) is 77.5 Å². The van der Waals surface area contributed by atoms with Crippen LogP contribution in [0.3, 0.4) is 0 Å². The van der Waals surface area contributed by atoms with Crippen molar-refractivity contribution in [2.24, 2.45) is 0 Å². The number of nitrogens with zero attached hydrogens (tertiary/aromatic N) is 1. The van der Waals surface area contributed by atoms with Gasteiger partial charge in [0.25, 0.3) is 10.0 Å². The van der Waals surface area contributed by atoms with Crippen molar-refractivity contribution in [1.29, 1.82) is 0 Å². The van der Waals surface area contributed by atoms with Crippen molar-refractivity contribution in [2.75, 3.05) is 20.3 Å². The molecule has 1 aromatic rings. The number of sulfonamides is 1. The summed E-state index contributed by atoms with van der Waals surface area (Å²) >= 11 is 5.53. The summed E-state index contributed by atoms with van der Waals surface area (Å²) in [6.45, 7) is 0.415. The first kappa shape index (κ1) is 13.3. The zero-order valence-electron chi connectivity index (χ0n) is 8.51. The molecule has 0 saturated heterocycles. The molecule has 0 spiro atoms. The Morgan fingerprint density at radius 1 is 1.44 bits per heavy atom. The maximum absolute atomic E-state index is 11.5. The van der Waals surface area contributed by atoms with E-state index in [2.05, 4.69) is 9.72 Å². The first-order chi connectivity index (χ1) is 7.56. The smallest absolute Gasteiger partial charge is 0.264 e. The Morgan fingerprint density at radius 2 is 2.19 bits per heavy atom. The lowest BCUT2D eigenvalue weighted by Crippen LogP contribution is -2.25. The Balaban J connectivity index is 2.60. The normalized spacial score (nSPS) is 11.6. The van der Waals surface area contributed by atoms with Gasteiger partial charge in [0.2, 0.25) is 0 Å². The van der Waals surface area contributed by atoms with Crippen molar-refractivity contribution in [3.8, 4) is 0 Å². The lowest BCUT2D eigenvalue weighted by Gasteiger charge is -2.06. The number of aromatic nitrogens is 1. The Morgan fingerprint density at radius 3 is 2.75 bits per heavy atom. The number of pyridine rings is 1. The van der Waals surface area contributed by atoms with Gasteiger partial charge in [-0.2, -0.15) is 0 Å². The van der Waals surface area contributed by atoms with Gasteiger partial charge in [0.1, 0.15) is 10.0 Å². The SMILES string of the molecule is COCCONS(=O)(=O)c1ccc(Cl)nc1. The quantitative estimate of drug-likeness (QED) is 0.463. The average Bonchev–Trinajstić information content (AvgIpc) is 2.25. The lowest BCUT2D eigenvalue weighted by molar-refractivity contribution is 0.0438. The molecule has 0 saturated carbocycles. The van der Waals surface area contributed by atoms with Crippen LogP contribution in [0, 0.1) is 0 Å². The summed E-state index contributed by atoms with van der Waals surface area (Å²) in [6, 6.07) is 2.71. The van der Waals surface area contributed by atoms with Crippen LogP contribution in [0.5, 0.6) is 0 Å². The monoisotopic (exact) mass is 266 g/mol. The van der Waals surface area contributed by atoms with Crippen LogP contribution in [0.2, 0.25) is 5.15 Å². The van der Waals surface area contributed by atoms with Crippen molar-refractivity contribution in [1.82, 2.24) is 9.87 Å². The molecule has 0 aliphatic rings. The molecule has 0 unspecified atom stereocenters. The molecule has 90 valence electrons. The van der Waals surface area contributed by atoms with E-state index in [4.69, 9.17) is 16.4 Å². The van der Waals surface area contributed by atoms with Crippen LogP contribution >= 0.6 is 11.6 Å². The second-order valence-corrected chi connectivity index (χ2v) is 4.78. The summed E-state index contributed by atoms with van der Waals surface area (Å²) in [7, 11) is -2.22. The van der Waals surface area contributed by atoms with Gasteiger partial charge in [0.15, 0.2) is 0 Å². The Labute approximate surface area is 98.5 Å². The van der Waals surface area contributed by atoms with Crippen LogP contribution in [0.25, 0.3) is 0 Å². The zero-order chi connectivity index (χ0) is 12.0. The number of hydrogen-bond donors (Lipinski definition) is 1. The third-order valence-corrected chi connectivity index (χ3v) is 2.99. The van der Waals surface area contributed by atoms with Crippen LogP contribution in [0.15, 0.2) is 23.2 Å². The Bertz CT molecular complexity index is 420. The van der Waals surface area contributed by atoms with Gasteiger partial charge in [-0.05, 0) is 12.1 Å². The third kappa shape index (κ3) is 4.03. The predicted molar refractivity (Wildman–Crippen MR) is 57.4 cm³/mol. The molecule has 0 amide bonds. The van der Waals surface area contributed by atoms with Gasteiger partial charge >= 0.3 is 0 Å². The van der Waals surface area contributed by atoms with E-state index in [0.717, 1.165) is 6.20 Å². The zero-order valence-corrected chi connectivity index (χ0v) is 10.1. The second-order valence-electron chi connectivity index (χ2n) is 2.74. The fourth-order valence-electron chi connectivity index (χ4n) is 0.814. The highest BCUT2D eigenvalue weighted by Crippen LogP contribution is 2.10. The highest BCUT2D eigenvalue weighted by molar-refractivity contribution is 7.89. The standard InChI is InChI=1S/C8H11ClN2O4S/c1-14-4-5-15-11-16(12,13)7-2-3-8(9)10-6-7/h2-3,6,11H,4-5H2,1H3. The minimum absolute atomic E-state index is 0.0192. The molecule has 6 nitrogen and oxygen atoms in total. The molecule has 0 fully saturated rings. The average molecular weight is 267 g/mol. The van der Waals surface area contributed by atoms with E-state index in [1.807, 2.05) is 4.89 Å². The number of methoxy groups -OCH3 is 1. The first-order valence-corrected chi connectivity index (χ1v) is 6.16. The van der Waals surface area contributed by atoms with Gasteiger partial charge in [-0.1, -0.05) is 16.5 Å². The highest BCUT2D eigenvalue weighted by Gasteiger charge is 2.14. The molecular formula is C8H11ClN2O4S. The number of nitrogens with one attached hydrogen (secondary N) is 1.